The van der Waals surface area contributed by atoms with Crippen LogP contribution in [0.3, 0.4) is 0 Å². The number of aromatic nitrogens is 2. The number of aryl methyl sites for hydroxylation is 1. The zero-order valence-electron chi connectivity index (χ0n) is 11.1. The quantitative estimate of drug-likeness (QED) is 0.676. The van der Waals surface area contributed by atoms with Crippen LogP contribution in [0, 0.1) is 0 Å². The molecule has 6 nitrogen and oxygen atoms in total. The maximum Gasteiger partial charge on any atom is 0.271 e. The number of nitrogens with two attached hydrogens (primary N) is 1. The van der Waals surface area contributed by atoms with E-state index in [0.29, 0.717) is 24.5 Å². The van der Waals surface area contributed by atoms with Crippen LogP contribution in [0.4, 0.5) is 5.69 Å². The van der Waals surface area contributed by atoms with Gasteiger partial charge in [0.1, 0.15) is 5.69 Å². The minimum Gasteiger partial charge on any atom is -0.396 e. The summed E-state index contributed by atoms with van der Waals surface area (Å²) in [4.78, 5) is 11.8. The van der Waals surface area contributed by atoms with Crippen LogP contribution in [-0.4, -0.2) is 35.4 Å². The van der Waals surface area contributed by atoms with Crippen molar-refractivity contribution in [1.29, 1.82) is 0 Å². The minimum atomic E-state index is -0.193. The van der Waals surface area contributed by atoms with Crippen molar-refractivity contribution < 1.29 is 9.53 Å². The Kier molecular flexibility index (Phi) is 6.21. The molecule has 0 radical (unpaired) electrons. The van der Waals surface area contributed by atoms with Crippen LogP contribution in [-0.2, 0) is 11.8 Å². The number of rotatable bonds is 8. The lowest BCUT2D eigenvalue weighted by atomic mass is 10.3. The molecule has 0 bridgehead atoms. The van der Waals surface area contributed by atoms with Crippen molar-refractivity contribution in [3.63, 3.8) is 0 Å². The molecule has 0 aliphatic heterocycles. The van der Waals surface area contributed by atoms with Gasteiger partial charge in [0.05, 0.1) is 11.9 Å². The fraction of sp³-hybridized carbons (Fsp3) is 0.667. The number of nitrogens with one attached hydrogen (secondary N) is 1. The van der Waals surface area contributed by atoms with Gasteiger partial charge in [0.15, 0.2) is 0 Å². The van der Waals surface area contributed by atoms with Gasteiger partial charge in [0.25, 0.3) is 5.91 Å². The smallest absolute Gasteiger partial charge is 0.271 e. The maximum atomic E-state index is 11.8. The largest absolute Gasteiger partial charge is 0.396 e. The predicted molar refractivity (Wildman–Crippen MR) is 70.3 cm³/mol. The van der Waals surface area contributed by atoms with Crippen molar-refractivity contribution in [2.45, 2.75) is 26.2 Å². The number of carbonyl (C=O) groups excluding carboxylic acids is 1. The maximum absolute atomic E-state index is 11.8. The van der Waals surface area contributed by atoms with Crippen molar-refractivity contribution in [3.8, 4) is 0 Å². The molecular formula is C12H22N4O2. The fourth-order valence-corrected chi connectivity index (χ4v) is 1.54. The van der Waals surface area contributed by atoms with Gasteiger partial charge >= 0.3 is 0 Å². The number of unbranched alkanes of at least 4 members (excludes halogenated alkanes) is 1. The highest BCUT2D eigenvalue weighted by atomic mass is 16.5. The summed E-state index contributed by atoms with van der Waals surface area (Å²) >= 11 is 0. The van der Waals surface area contributed by atoms with Gasteiger partial charge < -0.3 is 15.8 Å². The summed E-state index contributed by atoms with van der Waals surface area (Å²) in [5, 5.41) is 6.72. The molecule has 0 fully saturated rings. The topological polar surface area (TPSA) is 82.2 Å². The van der Waals surface area contributed by atoms with E-state index in [1.54, 1.807) is 7.05 Å². The Balaban J connectivity index is 2.18. The van der Waals surface area contributed by atoms with Crippen molar-refractivity contribution in [1.82, 2.24) is 15.1 Å². The molecule has 3 N–H and O–H groups in total. The van der Waals surface area contributed by atoms with E-state index in [0.717, 1.165) is 25.9 Å². The molecule has 6 heteroatoms. The molecule has 0 spiro atoms. The van der Waals surface area contributed by atoms with Gasteiger partial charge in [-0.3, -0.25) is 9.48 Å². The average molecular weight is 254 g/mol. The molecule has 0 aromatic carbocycles. The summed E-state index contributed by atoms with van der Waals surface area (Å²) in [6, 6.07) is 0. The van der Waals surface area contributed by atoms with Crippen LogP contribution < -0.4 is 11.1 Å². The molecule has 0 aliphatic carbocycles. The van der Waals surface area contributed by atoms with Crippen LogP contribution in [0.25, 0.3) is 0 Å². The average Bonchev–Trinajstić information content (AvgIpc) is 2.68. The first kappa shape index (κ1) is 14.5. The Morgan fingerprint density at radius 3 is 2.83 bits per heavy atom. The highest BCUT2D eigenvalue weighted by Gasteiger charge is 2.13. The Morgan fingerprint density at radius 2 is 2.22 bits per heavy atom. The van der Waals surface area contributed by atoms with Gasteiger partial charge in [-0.1, -0.05) is 13.3 Å². The molecule has 1 rings (SSSR count). The summed E-state index contributed by atoms with van der Waals surface area (Å²) < 4.78 is 6.88. The second-order valence-corrected chi connectivity index (χ2v) is 4.15. The second-order valence-electron chi connectivity index (χ2n) is 4.15. The van der Waals surface area contributed by atoms with E-state index >= 15 is 0 Å². The highest BCUT2D eigenvalue weighted by molar-refractivity contribution is 5.97. The first-order valence-corrected chi connectivity index (χ1v) is 6.30. The Labute approximate surface area is 107 Å². The molecule has 0 saturated carbocycles. The van der Waals surface area contributed by atoms with Crippen LogP contribution in [0.2, 0.25) is 0 Å². The van der Waals surface area contributed by atoms with E-state index in [1.807, 2.05) is 0 Å². The fourth-order valence-electron chi connectivity index (χ4n) is 1.54. The van der Waals surface area contributed by atoms with E-state index in [1.165, 1.54) is 10.9 Å². The molecule has 102 valence electrons. The van der Waals surface area contributed by atoms with Crippen molar-refractivity contribution in [2.24, 2.45) is 7.05 Å². The standard InChI is InChI=1S/C12H22N4O2/c1-3-4-7-18-8-5-6-14-12(17)11-10(13)9-15-16(11)2/h9H,3-8,13H2,1-2H3,(H,14,17). The first-order valence-electron chi connectivity index (χ1n) is 6.30. The highest BCUT2D eigenvalue weighted by Crippen LogP contribution is 2.08. The van der Waals surface area contributed by atoms with Crippen molar-refractivity contribution in [2.75, 3.05) is 25.5 Å². The summed E-state index contributed by atoms with van der Waals surface area (Å²) in [6.45, 7) is 4.16. The van der Waals surface area contributed by atoms with Crippen LogP contribution in [0.15, 0.2) is 6.20 Å². The number of amides is 1. The SMILES string of the molecule is CCCCOCCCNC(=O)c1c(N)cnn1C. The zero-order chi connectivity index (χ0) is 13.4. The van der Waals surface area contributed by atoms with E-state index < -0.39 is 0 Å². The van der Waals surface area contributed by atoms with Gasteiger partial charge in [0, 0.05) is 26.8 Å². The monoisotopic (exact) mass is 254 g/mol. The molecule has 1 heterocycles. The molecule has 1 aromatic heterocycles. The van der Waals surface area contributed by atoms with E-state index in [9.17, 15) is 4.79 Å². The number of anilines is 1. The number of hydrogen-bond acceptors (Lipinski definition) is 4. The molecular weight excluding hydrogens is 232 g/mol. The zero-order valence-corrected chi connectivity index (χ0v) is 11.1. The van der Waals surface area contributed by atoms with Crippen LogP contribution in [0.5, 0.6) is 0 Å². The molecule has 1 amide bonds. The minimum absolute atomic E-state index is 0.193. The van der Waals surface area contributed by atoms with E-state index in [2.05, 4.69) is 17.3 Å². The molecule has 1 aromatic rings. The third-order valence-electron chi connectivity index (χ3n) is 2.58. The Morgan fingerprint density at radius 1 is 1.50 bits per heavy atom. The van der Waals surface area contributed by atoms with E-state index in [4.69, 9.17) is 10.5 Å². The van der Waals surface area contributed by atoms with Gasteiger partial charge in [-0.05, 0) is 12.8 Å². The van der Waals surface area contributed by atoms with Gasteiger partial charge in [-0.25, -0.2) is 0 Å². The summed E-state index contributed by atoms with van der Waals surface area (Å²) in [7, 11) is 1.69. The number of hydrogen-bond donors (Lipinski definition) is 2. The Bertz CT molecular complexity index is 357. The normalized spacial score (nSPS) is 10.6. The number of nitrogen functional groups attached to an aromatic ring is 1. The Hall–Kier alpha value is -1.56. The lowest BCUT2D eigenvalue weighted by Crippen LogP contribution is -2.28. The second kappa shape index (κ2) is 7.71. The predicted octanol–water partition coefficient (Wildman–Crippen LogP) is 0.939. The third-order valence-corrected chi connectivity index (χ3v) is 2.58. The van der Waals surface area contributed by atoms with Crippen molar-refractivity contribution >= 4 is 11.6 Å². The lowest BCUT2D eigenvalue weighted by molar-refractivity contribution is 0.0932. The van der Waals surface area contributed by atoms with Crippen LogP contribution in [0.1, 0.15) is 36.7 Å². The summed E-state index contributed by atoms with van der Waals surface area (Å²) in [5.74, 6) is -0.193. The van der Waals surface area contributed by atoms with Gasteiger partial charge in [-0.15, -0.1) is 0 Å². The first-order chi connectivity index (χ1) is 8.66. The summed E-state index contributed by atoms with van der Waals surface area (Å²) in [5.41, 5.74) is 6.46. The van der Waals surface area contributed by atoms with Crippen molar-refractivity contribution in [3.05, 3.63) is 11.9 Å². The summed E-state index contributed by atoms with van der Waals surface area (Å²) in [6.07, 6.45) is 4.49. The number of nitrogens with zero attached hydrogens (tertiary/aromatic N) is 2. The third kappa shape index (κ3) is 4.37. The number of carbonyl (C=O) groups is 1. The molecule has 0 atom stereocenters. The lowest BCUT2D eigenvalue weighted by Gasteiger charge is -2.06. The van der Waals surface area contributed by atoms with Gasteiger partial charge in [0.2, 0.25) is 0 Å². The molecule has 18 heavy (non-hydrogen) atoms. The molecule has 0 aliphatic rings. The van der Waals surface area contributed by atoms with Gasteiger partial charge in [-0.2, -0.15) is 5.10 Å². The number of ether oxygens (including phenoxy) is 1. The molecule has 0 unspecified atom stereocenters. The van der Waals surface area contributed by atoms with E-state index in [-0.39, 0.29) is 5.91 Å². The van der Waals surface area contributed by atoms with Crippen LogP contribution >= 0.6 is 0 Å². The molecule has 0 saturated heterocycles.